The fourth-order valence-electron chi connectivity index (χ4n) is 0.906. The van der Waals surface area contributed by atoms with Gasteiger partial charge in [0.2, 0.25) is 0 Å². The molecule has 0 atom stereocenters. The molecule has 0 aromatic heterocycles. The monoisotopic (exact) mass is 205 g/mol. The van der Waals surface area contributed by atoms with Crippen molar-refractivity contribution in [2.24, 2.45) is 0 Å². The van der Waals surface area contributed by atoms with Crippen LogP contribution in [0.15, 0.2) is 11.6 Å². The van der Waals surface area contributed by atoms with Crippen molar-refractivity contribution >= 4 is 17.6 Å². The highest BCUT2D eigenvalue weighted by molar-refractivity contribution is 6.25. The Morgan fingerprint density at radius 2 is 2.08 bits per heavy atom. The lowest BCUT2D eigenvalue weighted by atomic mass is 10.1. The molecule has 0 radical (unpaired) electrons. The van der Waals surface area contributed by atoms with Gasteiger partial charge >= 0.3 is 5.97 Å². The van der Waals surface area contributed by atoms with Gasteiger partial charge in [-0.25, -0.2) is 0 Å². The maximum atomic E-state index is 10.5. The molecule has 0 aliphatic carbocycles. The van der Waals surface area contributed by atoms with Crippen molar-refractivity contribution in [2.45, 2.75) is 26.3 Å². The molecule has 3 nitrogen and oxygen atoms in total. The van der Waals surface area contributed by atoms with Gasteiger partial charge in [0.15, 0.2) is 0 Å². The quantitative estimate of drug-likeness (QED) is 0.763. The lowest BCUT2D eigenvalue weighted by molar-refractivity contribution is -0.139. The van der Waals surface area contributed by atoms with Crippen LogP contribution in [-0.4, -0.2) is 34.6 Å². The van der Waals surface area contributed by atoms with Crippen LogP contribution in [-0.2, 0) is 4.79 Å². The third kappa shape index (κ3) is 5.66. The summed E-state index contributed by atoms with van der Waals surface area (Å²) in [6, 6.07) is 0. The van der Waals surface area contributed by atoms with Gasteiger partial charge in [-0.15, -0.1) is 0 Å². The molecule has 0 aliphatic rings. The van der Waals surface area contributed by atoms with Crippen LogP contribution in [0, 0.1) is 0 Å². The van der Waals surface area contributed by atoms with Gasteiger partial charge in [-0.3, -0.25) is 9.69 Å². The average Bonchev–Trinajstić information content (AvgIpc) is 1.95. The number of carboxylic acids is 1. The molecule has 0 aromatic rings. The molecule has 76 valence electrons. The third-order valence-corrected chi connectivity index (χ3v) is 1.87. The molecule has 0 fully saturated rings. The zero-order chi connectivity index (χ0) is 10.5. The van der Waals surface area contributed by atoms with Crippen molar-refractivity contribution in [1.29, 1.82) is 0 Å². The number of rotatable bonds is 4. The summed E-state index contributed by atoms with van der Waals surface area (Å²) in [7, 11) is 0. The van der Waals surface area contributed by atoms with Crippen molar-refractivity contribution in [3.05, 3.63) is 11.6 Å². The molecule has 0 rings (SSSR count). The van der Waals surface area contributed by atoms with Crippen molar-refractivity contribution in [2.75, 3.05) is 13.1 Å². The number of hydrogen-bond donors (Lipinski definition) is 1. The Morgan fingerprint density at radius 1 is 1.54 bits per heavy atom. The van der Waals surface area contributed by atoms with E-state index in [9.17, 15) is 4.79 Å². The summed E-state index contributed by atoms with van der Waals surface area (Å²) in [5, 5.41) is 8.65. The van der Waals surface area contributed by atoms with E-state index in [2.05, 4.69) is 0 Å². The molecule has 13 heavy (non-hydrogen) atoms. The van der Waals surface area contributed by atoms with E-state index >= 15 is 0 Å². The minimum Gasteiger partial charge on any atom is -0.480 e. The summed E-state index contributed by atoms with van der Waals surface area (Å²) >= 11 is 5.38. The van der Waals surface area contributed by atoms with Crippen LogP contribution in [0.25, 0.3) is 0 Å². The van der Waals surface area contributed by atoms with E-state index in [1.807, 2.05) is 25.7 Å². The van der Waals surface area contributed by atoms with E-state index in [1.54, 1.807) is 6.08 Å². The standard InChI is InChI=1S/C9H16ClNO2/c1-9(2,3)11(6-4-5-10)7-8(12)13/h4-5H,6-7H2,1-3H3,(H,12,13). The third-order valence-electron chi connectivity index (χ3n) is 1.69. The highest BCUT2D eigenvalue weighted by Gasteiger charge is 2.21. The molecule has 0 bridgehead atoms. The summed E-state index contributed by atoms with van der Waals surface area (Å²) in [5.74, 6) is -0.821. The van der Waals surface area contributed by atoms with Gasteiger partial charge in [-0.2, -0.15) is 0 Å². The lowest BCUT2D eigenvalue weighted by Gasteiger charge is -2.33. The predicted molar refractivity (Wildman–Crippen MR) is 54.0 cm³/mol. The smallest absolute Gasteiger partial charge is 0.317 e. The molecule has 0 amide bonds. The Balaban J connectivity index is 4.28. The Hall–Kier alpha value is -0.540. The van der Waals surface area contributed by atoms with Crippen molar-refractivity contribution in [3.8, 4) is 0 Å². The first-order valence-corrected chi connectivity index (χ1v) is 4.53. The maximum Gasteiger partial charge on any atom is 0.317 e. The molecule has 1 N–H and O–H groups in total. The molecule has 0 saturated carbocycles. The van der Waals surface area contributed by atoms with E-state index in [-0.39, 0.29) is 12.1 Å². The second-order valence-corrected chi connectivity index (χ2v) is 4.06. The van der Waals surface area contributed by atoms with Gasteiger partial charge in [0.1, 0.15) is 0 Å². The zero-order valence-corrected chi connectivity index (χ0v) is 9.01. The summed E-state index contributed by atoms with van der Waals surface area (Å²) in [6.45, 7) is 6.50. The van der Waals surface area contributed by atoms with Gasteiger partial charge in [0.05, 0.1) is 6.54 Å². The van der Waals surface area contributed by atoms with E-state index in [0.717, 1.165) is 0 Å². The van der Waals surface area contributed by atoms with Crippen LogP contribution in [0.5, 0.6) is 0 Å². The summed E-state index contributed by atoms with van der Waals surface area (Å²) in [4.78, 5) is 12.3. The first kappa shape index (κ1) is 12.5. The summed E-state index contributed by atoms with van der Waals surface area (Å²) in [6.07, 6.45) is 1.73. The van der Waals surface area contributed by atoms with Gasteiger partial charge in [0, 0.05) is 17.6 Å². The predicted octanol–water partition coefficient (Wildman–Crippen LogP) is 1.92. The first-order chi connectivity index (χ1) is 5.88. The first-order valence-electron chi connectivity index (χ1n) is 4.10. The molecule has 0 unspecified atom stereocenters. The highest BCUT2D eigenvalue weighted by atomic mass is 35.5. The summed E-state index contributed by atoms with van der Waals surface area (Å²) < 4.78 is 0. The molecule has 0 aromatic carbocycles. The second kappa shape index (κ2) is 5.25. The lowest BCUT2D eigenvalue weighted by Crippen LogP contribution is -2.44. The largest absolute Gasteiger partial charge is 0.480 e. The number of aliphatic carboxylic acids is 1. The topological polar surface area (TPSA) is 40.5 Å². The fourth-order valence-corrected chi connectivity index (χ4v) is 0.986. The molecule has 0 heterocycles. The normalized spacial score (nSPS) is 12.7. The molecular weight excluding hydrogens is 190 g/mol. The highest BCUT2D eigenvalue weighted by Crippen LogP contribution is 2.12. The van der Waals surface area contributed by atoms with Crippen LogP contribution in [0.3, 0.4) is 0 Å². The number of halogens is 1. The van der Waals surface area contributed by atoms with Crippen LogP contribution < -0.4 is 0 Å². The van der Waals surface area contributed by atoms with Gasteiger partial charge in [-0.1, -0.05) is 17.7 Å². The Bertz CT molecular complexity index is 196. The number of carboxylic acid groups (broad SMARTS) is 1. The van der Waals surface area contributed by atoms with Gasteiger partial charge in [-0.05, 0) is 20.8 Å². The van der Waals surface area contributed by atoms with E-state index < -0.39 is 5.97 Å². The van der Waals surface area contributed by atoms with E-state index in [1.165, 1.54) is 5.54 Å². The molecule has 0 spiro atoms. The van der Waals surface area contributed by atoms with Gasteiger partial charge < -0.3 is 5.11 Å². The number of carbonyl (C=O) groups is 1. The van der Waals surface area contributed by atoms with Crippen LogP contribution in [0.2, 0.25) is 0 Å². The molecule has 0 aliphatic heterocycles. The van der Waals surface area contributed by atoms with Crippen LogP contribution >= 0.6 is 11.6 Å². The number of nitrogens with zero attached hydrogens (tertiary/aromatic N) is 1. The maximum absolute atomic E-state index is 10.5. The minimum atomic E-state index is -0.821. The fraction of sp³-hybridized carbons (Fsp3) is 0.667. The Kier molecular flexibility index (Phi) is 5.03. The van der Waals surface area contributed by atoms with E-state index in [4.69, 9.17) is 16.7 Å². The van der Waals surface area contributed by atoms with Crippen molar-refractivity contribution < 1.29 is 9.90 Å². The molecular formula is C9H16ClNO2. The van der Waals surface area contributed by atoms with Crippen molar-refractivity contribution in [1.82, 2.24) is 4.90 Å². The SMILES string of the molecule is CC(C)(C)N(CC=CCl)CC(=O)O. The average molecular weight is 206 g/mol. The van der Waals surface area contributed by atoms with Crippen LogP contribution in [0.1, 0.15) is 20.8 Å². The van der Waals surface area contributed by atoms with Gasteiger partial charge in [0.25, 0.3) is 0 Å². The molecule has 4 heteroatoms. The van der Waals surface area contributed by atoms with Crippen molar-refractivity contribution in [3.63, 3.8) is 0 Å². The minimum absolute atomic E-state index is 0.0325. The Morgan fingerprint density at radius 3 is 2.38 bits per heavy atom. The molecule has 0 saturated heterocycles. The Labute approximate surface area is 84.0 Å². The van der Waals surface area contributed by atoms with E-state index in [0.29, 0.717) is 6.54 Å². The number of hydrogen-bond acceptors (Lipinski definition) is 2. The second-order valence-electron chi connectivity index (χ2n) is 3.81. The zero-order valence-electron chi connectivity index (χ0n) is 8.25. The summed E-state index contributed by atoms with van der Waals surface area (Å²) in [5.41, 5.74) is 1.25. The van der Waals surface area contributed by atoms with Crippen LogP contribution in [0.4, 0.5) is 0 Å².